The van der Waals surface area contributed by atoms with Crippen molar-refractivity contribution in [3.8, 4) is 0 Å². The molecule has 0 fully saturated rings. The highest BCUT2D eigenvalue weighted by atomic mass is 32.2. The molecule has 1 heterocycles. The van der Waals surface area contributed by atoms with Crippen LogP contribution in [0.1, 0.15) is 6.92 Å². The van der Waals surface area contributed by atoms with E-state index in [1.54, 1.807) is 11.8 Å². The highest BCUT2D eigenvalue weighted by Crippen LogP contribution is 2.26. The summed E-state index contributed by atoms with van der Waals surface area (Å²) in [4.78, 5) is 0. The normalized spacial score (nSPS) is 41.9. The van der Waals surface area contributed by atoms with E-state index in [9.17, 15) is 0 Å². The fraction of sp³-hybridized carbons (Fsp3) is 0.667. The van der Waals surface area contributed by atoms with Gasteiger partial charge in [0, 0.05) is 5.41 Å². The van der Waals surface area contributed by atoms with E-state index in [-0.39, 0.29) is 5.50 Å². The summed E-state index contributed by atoms with van der Waals surface area (Å²) in [6.07, 6.45) is 2.15. The number of quaternary nitrogens is 1. The maximum atomic E-state index is 5.80. The Morgan fingerprint density at radius 3 is 2.67 bits per heavy atom. The predicted molar refractivity (Wildman–Crippen MR) is 41.4 cm³/mol. The second-order valence-corrected chi connectivity index (χ2v) is 3.50. The van der Waals surface area contributed by atoms with Gasteiger partial charge in [-0.25, -0.2) is 0 Å². The van der Waals surface area contributed by atoms with Gasteiger partial charge in [-0.3, -0.25) is 10.2 Å². The summed E-state index contributed by atoms with van der Waals surface area (Å²) >= 11 is 1.70. The molecule has 3 heteroatoms. The lowest BCUT2D eigenvalue weighted by Crippen LogP contribution is -2.48. The Bertz CT molecular complexity index is 135. The second-order valence-electron chi connectivity index (χ2n) is 2.47. The lowest BCUT2D eigenvalue weighted by atomic mass is 10.5. The molecule has 2 nitrogen and oxygen atoms in total. The summed E-state index contributed by atoms with van der Waals surface area (Å²) in [5.74, 6) is 0. The van der Waals surface area contributed by atoms with Crippen LogP contribution in [0.2, 0.25) is 0 Å². The minimum Gasteiger partial charge on any atom is -0.276 e. The van der Waals surface area contributed by atoms with E-state index in [2.05, 4.69) is 25.6 Å². The van der Waals surface area contributed by atoms with Crippen molar-refractivity contribution in [3.63, 3.8) is 0 Å². The maximum Gasteiger partial charge on any atom is 0.196 e. The molecule has 0 spiro atoms. The van der Waals surface area contributed by atoms with E-state index >= 15 is 0 Å². The van der Waals surface area contributed by atoms with Gasteiger partial charge < -0.3 is 0 Å². The van der Waals surface area contributed by atoms with Gasteiger partial charge in [0.1, 0.15) is 6.20 Å². The van der Waals surface area contributed by atoms with Gasteiger partial charge in [0.25, 0.3) is 0 Å². The lowest BCUT2D eigenvalue weighted by Gasteiger charge is -2.28. The van der Waals surface area contributed by atoms with Gasteiger partial charge in [-0.15, -0.1) is 0 Å². The average Bonchev–Trinajstić information content (AvgIpc) is 2.15. The molecule has 2 N–H and O–H groups in total. The molecule has 0 aliphatic carbocycles. The Balaban J connectivity index is 2.66. The molecule has 0 bridgehead atoms. The summed E-state index contributed by atoms with van der Waals surface area (Å²) in [7, 11) is 2.14. The zero-order valence-corrected chi connectivity index (χ0v) is 6.69. The van der Waals surface area contributed by atoms with Gasteiger partial charge >= 0.3 is 0 Å². The smallest absolute Gasteiger partial charge is 0.196 e. The van der Waals surface area contributed by atoms with Gasteiger partial charge in [0.15, 0.2) is 5.50 Å². The van der Waals surface area contributed by atoms with Crippen molar-refractivity contribution in [2.75, 3.05) is 13.6 Å². The molecule has 0 amide bonds. The van der Waals surface area contributed by atoms with E-state index in [0.717, 1.165) is 11.0 Å². The van der Waals surface area contributed by atoms with Gasteiger partial charge in [-0.2, -0.15) is 0 Å². The number of nitrogens with two attached hydrogens (primary N) is 1. The van der Waals surface area contributed by atoms with Crippen LogP contribution in [-0.4, -0.2) is 23.6 Å². The van der Waals surface area contributed by atoms with Gasteiger partial charge in [0.05, 0.1) is 13.6 Å². The van der Waals surface area contributed by atoms with E-state index in [1.165, 1.54) is 0 Å². The third kappa shape index (κ3) is 1.13. The number of nitrogens with zero attached hydrogens (tertiary/aromatic N) is 1. The molecule has 0 saturated heterocycles. The van der Waals surface area contributed by atoms with Crippen LogP contribution in [0.25, 0.3) is 0 Å². The van der Waals surface area contributed by atoms with Crippen molar-refractivity contribution in [1.82, 2.24) is 0 Å². The van der Waals surface area contributed by atoms with Crippen LogP contribution in [0, 0.1) is 0 Å². The number of thioether (sulfide) groups is 1. The molecule has 0 aromatic carbocycles. The molecule has 1 rings (SSSR count). The predicted octanol–water partition coefficient (Wildman–Crippen LogP) is 0.913. The van der Waals surface area contributed by atoms with Crippen molar-refractivity contribution < 1.29 is 4.48 Å². The maximum absolute atomic E-state index is 5.80. The summed E-state index contributed by atoms with van der Waals surface area (Å²) < 4.78 is 0.866. The first kappa shape index (κ1) is 7.12. The largest absolute Gasteiger partial charge is 0.276 e. The van der Waals surface area contributed by atoms with Crippen LogP contribution >= 0.6 is 11.8 Å². The Morgan fingerprint density at radius 1 is 1.78 bits per heavy atom. The fourth-order valence-corrected chi connectivity index (χ4v) is 1.77. The van der Waals surface area contributed by atoms with Crippen molar-refractivity contribution >= 4 is 11.8 Å². The Morgan fingerprint density at radius 2 is 2.44 bits per heavy atom. The number of rotatable bonds is 1. The molecule has 1 aliphatic rings. The zero-order valence-electron chi connectivity index (χ0n) is 5.87. The molecular formula is C6H13N2S+. The summed E-state index contributed by atoms with van der Waals surface area (Å²) in [6, 6.07) is 0. The van der Waals surface area contributed by atoms with Gasteiger partial charge in [-0.05, 0) is 18.7 Å². The van der Waals surface area contributed by atoms with Crippen molar-refractivity contribution in [2.45, 2.75) is 12.4 Å². The standard InChI is InChI=1S/C6H13N2S/c1-3-8(2)4-5-9-6(8)7/h4-6H,3,7H2,1-2H3/q+1/t6?,8-/m1/s1. The monoisotopic (exact) mass is 145 g/mol. The molecule has 2 atom stereocenters. The van der Waals surface area contributed by atoms with Crippen molar-refractivity contribution in [2.24, 2.45) is 5.73 Å². The zero-order chi connectivity index (χ0) is 6.91. The third-order valence-corrected chi connectivity index (χ3v) is 2.92. The van der Waals surface area contributed by atoms with Crippen LogP contribution < -0.4 is 5.73 Å². The molecule has 9 heavy (non-hydrogen) atoms. The highest BCUT2D eigenvalue weighted by Gasteiger charge is 2.29. The first-order chi connectivity index (χ1) is 4.19. The quantitative estimate of drug-likeness (QED) is 0.555. The molecule has 52 valence electrons. The second kappa shape index (κ2) is 2.33. The minimum atomic E-state index is 0.218. The molecule has 0 aromatic heterocycles. The van der Waals surface area contributed by atoms with Crippen molar-refractivity contribution in [3.05, 3.63) is 11.6 Å². The number of hydrogen-bond acceptors (Lipinski definition) is 2. The SMILES string of the molecule is CC[N@+]1(C)C=CSC1N. The Hall–Kier alpha value is 0.01000. The lowest BCUT2D eigenvalue weighted by molar-refractivity contribution is -0.865. The molecule has 0 aromatic rings. The highest BCUT2D eigenvalue weighted by molar-refractivity contribution is 8.02. The summed E-state index contributed by atoms with van der Waals surface area (Å²) in [5.41, 5.74) is 6.01. The van der Waals surface area contributed by atoms with Crippen LogP contribution in [0.3, 0.4) is 0 Å². The fourth-order valence-electron chi connectivity index (χ4n) is 0.764. The average molecular weight is 145 g/mol. The van der Waals surface area contributed by atoms with E-state index in [4.69, 9.17) is 5.73 Å². The Labute approximate surface area is 60.3 Å². The molecular weight excluding hydrogens is 132 g/mol. The summed E-state index contributed by atoms with van der Waals surface area (Å²) in [6.45, 7) is 3.22. The molecule has 0 radical (unpaired) electrons. The van der Waals surface area contributed by atoms with Crippen molar-refractivity contribution in [1.29, 1.82) is 0 Å². The molecule has 0 saturated carbocycles. The van der Waals surface area contributed by atoms with E-state index in [0.29, 0.717) is 0 Å². The van der Waals surface area contributed by atoms with Crippen LogP contribution in [0.5, 0.6) is 0 Å². The minimum absolute atomic E-state index is 0.218. The summed E-state index contributed by atoms with van der Waals surface area (Å²) in [5, 5.41) is 2.08. The van der Waals surface area contributed by atoms with Crippen LogP contribution in [-0.2, 0) is 0 Å². The first-order valence-corrected chi connectivity index (χ1v) is 4.07. The molecule has 1 aliphatic heterocycles. The van der Waals surface area contributed by atoms with Crippen LogP contribution in [0.15, 0.2) is 11.6 Å². The first-order valence-electron chi connectivity index (χ1n) is 3.13. The van der Waals surface area contributed by atoms with Crippen LogP contribution in [0.4, 0.5) is 0 Å². The van der Waals surface area contributed by atoms with E-state index < -0.39 is 0 Å². The van der Waals surface area contributed by atoms with E-state index in [1.807, 2.05) is 0 Å². The molecule has 1 unspecified atom stereocenters. The van der Waals surface area contributed by atoms with Gasteiger partial charge in [-0.1, -0.05) is 0 Å². The number of hydrogen-bond donors (Lipinski definition) is 1. The third-order valence-electron chi connectivity index (χ3n) is 1.88. The topological polar surface area (TPSA) is 26.0 Å². The Kier molecular flexibility index (Phi) is 1.84. The van der Waals surface area contributed by atoms with Gasteiger partial charge in [0.2, 0.25) is 0 Å².